The summed E-state index contributed by atoms with van der Waals surface area (Å²) in [5.74, 6) is -1.84. The van der Waals surface area contributed by atoms with Gasteiger partial charge in [0.25, 0.3) is 0 Å². The molecule has 0 unspecified atom stereocenters. The van der Waals surface area contributed by atoms with Crippen molar-refractivity contribution in [2.75, 3.05) is 12.4 Å². The van der Waals surface area contributed by atoms with Gasteiger partial charge in [0.2, 0.25) is 5.91 Å². The predicted molar refractivity (Wildman–Crippen MR) is 73.2 cm³/mol. The number of rotatable bonds is 5. The second-order valence-electron chi connectivity index (χ2n) is 3.97. The highest BCUT2D eigenvalue weighted by Crippen LogP contribution is 2.21. The molecule has 104 valence electrons. The number of halogens is 2. The van der Waals surface area contributed by atoms with Crippen molar-refractivity contribution >= 4 is 28.9 Å². The van der Waals surface area contributed by atoms with E-state index in [9.17, 15) is 13.6 Å². The summed E-state index contributed by atoms with van der Waals surface area (Å²) in [5.41, 5.74) is 0.133. The van der Waals surface area contributed by atoms with Gasteiger partial charge in [-0.2, -0.15) is 0 Å². The number of thiocarbonyl (C=S) groups is 1. The lowest BCUT2D eigenvalue weighted by atomic mass is 10.1. The minimum Gasteiger partial charge on any atom is -0.490 e. The lowest BCUT2D eigenvalue weighted by Crippen LogP contribution is -2.13. The van der Waals surface area contributed by atoms with Gasteiger partial charge in [-0.25, -0.2) is 8.78 Å². The molecule has 19 heavy (non-hydrogen) atoms. The Labute approximate surface area is 116 Å². The van der Waals surface area contributed by atoms with E-state index in [1.807, 2.05) is 6.92 Å². The van der Waals surface area contributed by atoms with Crippen LogP contribution in [0.5, 0.6) is 0 Å². The van der Waals surface area contributed by atoms with Gasteiger partial charge in [0, 0.05) is 18.9 Å². The first kappa shape index (κ1) is 15.5. The van der Waals surface area contributed by atoms with E-state index in [-0.39, 0.29) is 35.1 Å². The van der Waals surface area contributed by atoms with E-state index in [1.165, 1.54) is 13.2 Å². The van der Waals surface area contributed by atoms with E-state index < -0.39 is 11.6 Å². The van der Waals surface area contributed by atoms with Gasteiger partial charge in [-0.15, -0.1) is 0 Å². The minimum atomic E-state index is -0.811. The zero-order chi connectivity index (χ0) is 14.4. The largest absolute Gasteiger partial charge is 0.490 e. The van der Waals surface area contributed by atoms with E-state index in [0.717, 1.165) is 6.07 Å². The topological polar surface area (TPSA) is 38.3 Å². The zero-order valence-corrected chi connectivity index (χ0v) is 11.6. The van der Waals surface area contributed by atoms with Crippen LogP contribution < -0.4 is 5.32 Å². The summed E-state index contributed by atoms with van der Waals surface area (Å²) in [6, 6.07) is 1.97. The molecular formula is C13H15F2NO2S. The number of ether oxygens (including phenoxy) is 1. The summed E-state index contributed by atoms with van der Waals surface area (Å²) >= 11 is 4.83. The fraction of sp³-hybridized carbons (Fsp3) is 0.385. The molecule has 0 aromatic heterocycles. The van der Waals surface area contributed by atoms with Gasteiger partial charge in [0.15, 0.2) is 5.05 Å². The quantitative estimate of drug-likeness (QED) is 0.845. The third kappa shape index (κ3) is 4.55. The SMILES string of the molecule is CCCC(=O)Nc1cc(CC(=S)OC)c(F)cc1F. The first-order chi connectivity index (χ1) is 8.97. The maximum Gasteiger partial charge on any atom is 0.224 e. The Morgan fingerprint density at radius 2 is 2.05 bits per heavy atom. The first-order valence-electron chi connectivity index (χ1n) is 5.82. The standard InChI is InChI=1S/C13H15F2NO2S/c1-3-4-12(17)16-11-5-8(6-13(19)18-2)9(14)7-10(11)15/h5,7H,3-4,6H2,1-2H3,(H,16,17). The monoisotopic (exact) mass is 287 g/mol. The van der Waals surface area contributed by atoms with E-state index >= 15 is 0 Å². The number of benzene rings is 1. The van der Waals surface area contributed by atoms with Gasteiger partial charge in [-0.3, -0.25) is 4.79 Å². The summed E-state index contributed by atoms with van der Waals surface area (Å²) in [6.45, 7) is 1.84. The zero-order valence-electron chi connectivity index (χ0n) is 10.8. The second-order valence-corrected chi connectivity index (χ2v) is 4.43. The highest BCUT2D eigenvalue weighted by molar-refractivity contribution is 7.80. The molecule has 0 aliphatic carbocycles. The Hall–Kier alpha value is -1.56. The van der Waals surface area contributed by atoms with Crippen LogP contribution in [-0.2, 0) is 16.0 Å². The van der Waals surface area contributed by atoms with Crippen molar-refractivity contribution in [2.24, 2.45) is 0 Å². The molecule has 0 saturated carbocycles. The lowest BCUT2D eigenvalue weighted by Gasteiger charge is -2.10. The molecule has 0 aliphatic heterocycles. The Morgan fingerprint density at radius 3 is 2.63 bits per heavy atom. The third-order valence-corrected chi connectivity index (χ3v) is 2.76. The van der Waals surface area contributed by atoms with Crippen molar-refractivity contribution in [1.29, 1.82) is 0 Å². The van der Waals surface area contributed by atoms with Crippen LogP contribution in [0.25, 0.3) is 0 Å². The molecule has 3 nitrogen and oxygen atoms in total. The molecule has 0 radical (unpaired) electrons. The minimum absolute atomic E-state index is 0.0475. The fourth-order valence-corrected chi connectivity index (χ4v) is 1.65. The molecule has 1 aromatic carbocycles. The Kier molecular flexibility index (Phi) is 5.82. The van der Waals surface area contributed by atoms with E-state index in [1.54, 1.807) is 0 Å². The predicted octanol–water partition coefficient (Wildman–Crippen LogP) is 3.22. The van der Waals surface area contributed by atoms with Crippen molar-refractivity contribution in [2.45, 2.75) is 26.2 Å². The van der Waals surface area contributed by atoms with E-state index in [0.29, 0.717) is 6.42 Å². The number of amides is 1. The molecule has 1 rings (SSSR count). The van der Waals surface area contributed by atoms with Gasteiger partial charge < -0.3 is 10.1 Å². The number of nitrogens with one attached hydrogen (secondary N) is 1. The summed E-state index contributed by atoms with van der Waals surface area (Å²) in [7, 11) is 1.38. The number of carbonyl (C=O) groups is 1. The molecule has 1 N–H and O–H groups in total. The molecule has 0 atom stereocenters. The number of methoxy groups -OCH3 is 1. The average molecular weight is 287 g/mol. The summed E-state index contributed by atoms with van der Waals surface area (Å²) in [5, 5.41) is 2.60. The Balaban J connectivity index is 2.95. The maximum atomic E-state index is 13.5. The number of hydrogen-bond donors (Lipinski definition) is 1. The van der Waals surface area contributed by atoms with Gasteiger partial charge in [0.1, 0.15) is 11.6 Å². The van der Waals surface area contributed by atoms with Crippen LogP contribution in [0.4, 0.5) is 14.5 Å². The Morgan fingerprint density at radius 1 is 1.37 bits per heavy atom. The molecule has 6 heteroatoms. The van der Waals surface area contributed by atoms with Crippen LogP contribution in [0.15, 0.2) is 12.1 Å². The van der Waals surface area contributed by atoms with E-state index in [2.05, 4.69) is 5.32 Å². The molecular weight excluding hydrogens is 272 g/mol. The molecule has 0 aliphatic rings. The lowest BCUT2D eigenvalue weighted by molar-refractivity contribution is -0.116. The van der Waals surface area contributed by atoms with Crippen LogP contribution in [0.3, 0.4) is 0 Å². The van der Waals surface area contributed by atoms with Crippen molar-refractivity contribution < 1.29 is 18.3 Å². The van der Waals surface area contributed by atoms with Crippen molar-refractivity contribution in [3.05, 3.63) is 29.3 Å². The number of carbonyl (C=O) groups excluding carboxylic acids is 1. The average Bonchev–Trinajstić information content (AvgIpc) is 2.35. The van der Waals surface area contributed by atoms with Crippen LogP contribution in [0.2, 0.25) is 0 Å². The molecule has 0 bridgehead atoms. The van der Waals surface area contributed by atoms with Crippen molar-refractivity contribution in [3.8, 4) is 0 Å². The Bertz CT molecular complexity index is 492. The highest BCUT2D eigenvalue weighted by atomic mass is 32.1. The molecule has 0 spiro atoms. The van der Waals surface area contributed by atoms with Crippen LogP contribution in [0.1, 0.15) is 25.3 Å². The van der Waals surface area contributed by atoms with Gasteiger partial charge >= 0.3 is 0 Å². The van der Waals surface area contributed by atoms with Gasteiger partial charge in [-0.05, 0) is 30.3 Å². The van der Waals surface area contributed by atoms with Gasteiger partial charge in [0.05, 0.1) is 12.8 Å². The van der Waals surface area contributed by atoms with E-state index in [4.69, 9.17) is 17.0 Å². The highest BCUT2D eigenvalue weighted by Gasteiger charge is 2.13. The molecule has 0 heterocycles. The van der Waals surface area contributed by atoms with Gasteiger partial charge in [-0.1, -0.05) is 6.92 Å². The molecule has 0 saturated heterocycles. The number of hydrogen-bond acceptors (Lipinski definition) is 3. The molecule has 1 amide bonds. The smallest absolute Gasteiger partial charge is 0.224 e. The normalized spacial score (nSPS) is 10.1. The molecule has 1 aromatic rings. The van der Waals surface area contributed by atoms with Crippen LogP contribution >= 0.6 is 12.2 Å². The first-order valence-corrected chi connectivity index (χ1v) is 6.23. The summed E-state index contributed by atoms with van der Waals surface area (Å²) in [6.07, 6.45) is 0.979. The molecule has 0 fully saturated rings. The van der Waals surface area contributed by atoms with Crippen LogP contribution in [0, 0.1) is 11.6 Å². The fourth-order valence-electron chi connectivity index (χ4n) is 1.49. The second kappa shape index (κ2) is 7.13. The van der Waals surface area contributed by atoms with Crippen LogP contribution in [-0.4, -0.2) is 18.1 Å². The maximum absolute atomic E-state index is 13.5. The third-order valence-electron chi connectivity index (χ3n) is 2.45. The summed E-state index contributed by atoms with van der Waals surface area (Å²) in [4.78, 5) is 11.4. The summed E-state index contributed by atoms with van der Waals surface area (Å²) < 4.78 is 31.9. The van der Waals surface area contributed by atoms with Crippen molar-refractivity contribution in [3.63, 3.8) is 0 Å². The number of anilines is 1. The van der Waals surface area contributed by atoms with Crippen molar-refractivity contribution in [1.82, 2.24) is 0 Å².